The van der Waals surface area contributed by atoms with Crippen molar-refractivity contribution in [3.63, 3.8) is 0 Å². The Hall–Kier alpha value is -5.08. The highest BCUT2D eigenvalue weighted by molar-refractivity contribution is 6.04. The summed E-state index contributed by atoms with van der Waals surface area (Å²) in [6.45, 7) is 8.10. The van der Waals surface area contributed by atoms with Crippen molar-refractivity contribution in [2.24, 2.45) is 0 Å². The van der Waals surface area contributed by atoms with E-state index in [0.717, 1.165) is 42.8 Å². The number of hydrogen-bond acceptors (Lipinski definition) is 7. The zero-order chi connectivity index (χ0) is 29.8. The monoisotopic (exact) mass is 576 g/mol. The van der Waals surface area contributed by atoms with Gasteiger partial charge in [0.2, 0.25) is 5.91 Å². The predicted octanol–water partition coefficient (Wildman–Crippen LogP) is 5.14. The molecule has 6 rings (SSSR count). The molecule has 1 fully saturated rings. The fourth-order valence-corrected chi connectivity index (χ4v) is 5.82. The number of benzene rings is 1. The van der Waals surface area contributed by atoms with Crippen LogP contribution in [0.3, 0.4) is 0 Å². The maximum absolute atomic E-state index is 12.9. The molecular weight excluding hydrogens is 544 g/mol. The number of rotatable bonds is 3. The standard InChI is InChI=1S/C32H32N8O3/c1-34-23-13-14-35-26(18-23)38-32(42)21-11-9-20(10-12-21)28-29-30(33)36-19-25-7-3-15-43-16-4-8-27(41)37-24-6-2-5-22(17-24)31(39-28)40(25)29/h3,7,9-14,18-19,22,24H,2,4-6,8,15-17H2,(H2,33,36)(H,37,41)(H,35,38,42)/b7-3+/t22-,24-/m1/s1. The number of carbonyl (C=O) groups is 2. The van der Waals surface area contributed by atoms with E-state index in [9.17, 15) is 9.59 Å². The number of imidazole rings is 1. The second kappa shape index (κ2) is 12.4. The van der Waals surface area contributed by atoms with E-state index in [2.05, 4.69) is 29.8 Å². The second-order valence-corrected chi connectivity index (χ2v) is 10.8. The molecule has 2 aliphatic rings. The van der Waals surface area contributed by atoms with E-state index >= 15 is 0 Å². The van der Waals surface area contributed by atoms with Crippen LogP contribution >= 0.6 is 0 Å². The van der Waals surface area contributed by atoms with Crippen molar-refractivity contribution in [3.05, 3.63) is 83.4 Å². The Bertz CT molecular complexity index is 1740. The highest BCUT2D eigenvalue weighted by Crippen LogP contribution is 2.38. The molecule has 1 saturated carbocycles. The average Bonchev–Trinajstić information content (AvgIpc) is 3.43. The quantitative estimate of drug-likeness (QED) is 0.287. The van der Waals surface area contributed by atoms with Crippen LogP contribution in [-0.4, -0.2) is 50.4 Å². The van der Waals surface area contributed by atoms with E-state index in [1.807, 2.05) is 24.3 Å². The van der Waals surface area contributed by atoms with Crippen LogP contribution in [-0.2, 0) is 9.53 Å². The van der Waals surface area contributed by atoms with Crippen molar-refractivity contribution in [2.75, 3.05) is 24.3 Å². The van der Waals surface area contributed by atoms with Gasteiger partial charge in [-0.05, 0) is 56.0 Å². The number of nitrogens with zero attached hydrogens (tertiary/aromatic N) is 5. The molecule has 43 heavy (non-hydrogen) atoms. The minimum absolute atomic E-state index is 0.0569. The van der Waals surface area contributed by atoms with Gasteiger partial charge in [-0.25, -0.2) is 19.8 Å². The third-order valence-corrected chi connectivity index (χ3v) is 7.87. The number of hydrogen-bond donors (Lipinski definition) is 3. The molecule has 218 valence electrons. The van der Waals surface area contributed by atoms with Gasteiger partial charge in [-0.15, -0.1) is 0 Å². The lowest BCUT2D eigenvalue weighted by Crippen LogP contribution is -2.38. The SMILES string of the molecule is [C-]#[N+]c1ccnc(NC(=O)c2ccc(-c3nc4n5c(cnc(N)c35)/C=C/COCCCC(=O)N[C@@H]3CCC[C@@H]4C3)cc2)c1. The molecule has 4 heterocycles. The molecule has 1 aromatic carbocycles. The molecule has 1 aliphatic carbocycles. The van der Waals surface area contributed by atoms with Crippen molar-refractivity contribution < 1.29 is 14.3 Å². The summed E-state index contributed by atoms with van der Waals surface area (Å²) < 4.78 is 7.80. The van der Waals surface area contributed by atoms with Gasteiger partial charge >= 0.3 is 0 Å². The van der Waals surface area contributed by atoms with E-state index in [1.165, 1.54) is 12.3 Å². The van der Waals surface area contributed by atoms with Crippen LogP contribution in [0.4, 0.5) is 17.3 Å². The number of nitrogens with two attached hydrogens (primary N) is 1. The Morgan fingerprint density at radius 3 is 2.86 bits per heavy atom. The topological polar surface area (TPSA) is 141 Å². The molecule has 0 radical (unpaired) electrons. The number of fused-ring (bicyclic) bond motifs is 3. The molecule has 11 heteroatoms. The minimum Gasteiger partial charge on any atom is -0.382 e. The molecular formula is C32H32N8O3. The first-order valence-electron chi connectivity index (χ1n) is 14.5. The molecule has 0 saturated heterocycles. The lowest BCUT2D eigenvalue weighted by molar-refractivity contribution is -0.122. The smallest absolute Gasteiger partial charge is 0.256 e. The number of pyridine rings is 1. The Morgan fingerprint density at radius 1 is 1.16 bits per heavy atom. The van der Waals surface area contributed by atoms with Crippen LogP contribution in [0.2, 0.25) is 0 Å². The van der Waals surface area contributed by atoms with Crippen LogP contribution in [0.5, 0.6) is 0 Å². The first-order chi connectivity index (χ1) is 21.0. The zero-order valence-corrected chi connectivity index (χ0v) is 23.6. The maximum atomic E-state index is 12.9. The maximum Gasteiger partial charge on any atom is 0.256 e. The molecule has 0 unspecified atom stereocenters. The molecule has 4 N–H and O–H groups in total. The van der Waals surface area contributed by atoms with Gasteiger partial charge in [0.05, 0.1) is 25.1 Å². The summed E-state index contributed by atoms with van der Waals surface area (Å²) in [5.74, 6) is 1.37. The lowest BCUT2D eigenvalue weighted by atomic mass is 9.85. The fraction of sp³-hybridized carbons (Fsp3) is 0.312. The normalized spacial score (nSPS) is 19.8. The first kappa shape index (κ1) is 28.1. The summed E-state index contributed by atoms with van der Waals surface area (Å²) >= 11 is 0. The summed E-state index contributed by atoms with van der Waals surface area (Å²) in [6.07, 6.45) is 11.9. The molecule has 2 bridgehead atoms. The van der Waals surface area contributed by atoms with E-state index in [1.54, 1.807) is 24.4 Å². The van der Waals surface area contributed by atoms with Crippen LogP contribution in [0.15, 0.2) is 54.9 Å². The number of anilines is 2. The van der Waals surface area contributed by atoms with Crippen molar-refractivity contribution >= 4 is 40.7 Å². The molecule has 3 aromatic heterocycles. The average molecular weight is 577 g/mol. The van der Waals surface area contributed by atoms with Gasteiger partial charge < -0.3 is 21.1 Å². The predicted molar refractivity (Wildman–Crippen MR) is 164 cm³/mol. The first-order valence-corrected chi connectivity index (χ1v) is 14.5. The lowest BCUT2D eigenvalue weighted by Gasteiger charge is -2.29. The molecule has 1 aliphatic heterocycles. The van der Waals surface area contributed by atoms with Gasteiger partial charge in [0.25, 0.3) is 5.91 Å². The van der Waals surface area contributed by atoms with Crippen molar-refractivity contribution in [2.45, 2.75) is 50.5 Å². The summed E-state index contributed by atoms with van der Waals surface area (Å²) in [5, 5.41) is 5.97. The molecule has 0 spiro atoms. The third-order valence-electron chi connectivity index (χ3n) is 7.87. The number of ether oxygens (including phenoxy) is 1. The number of nitrogen functional groups attached to an aromatic ring is 1. The Morgan fingerprint density at radius 2 is 2.02 bits per heavy atom. The minimum atomic E-state index is -0.337. The molecule has 4 aromatic rings. The summed E-state index contributed by atoms with van der Waals surface area (Å²) in [5.41, 5.74) is 10.3. The fourth-order valence-electron chi connectivity index (χ4n) is 5.82. The Kier molecular flexibility index (Phi) is 8.11. The van der Waals surface area contributed by atoms with Crippen molar-refractivity contribution in [1.82, 2.24) is 24.7 Å². The highest BCUT2D eigenvalue weighted by atomic mass is 16.5. The van der Waals surface area contributed by atoms with Crippen LogP contribution in [0, 0.1) is 6.57 Å². The number of nitrogens with one attached hydrogen (secondary N) is 2. The number of amides is 2. The van der Waals surface area contributed by atoms with Crippen LogP contribution in [0.25, 0.3) is 27.7 Å². The van der Waals surface area contributed by atoms with E-state index in [0.29, 0.717) is 60.2 Å². The summed E-state index contributed by atoms with van der Waals surface area (Å²) in [6, 6.07) is 10.3. The van der Waals surface area contributed by atoms with E-state index in [-0.39, 0.29) is 23.8 Å². The van der Waals surface area contributed by atoms with Crippen LogP contribution < -0.4 is 16.4 Å². The van der Waals surface area contributed by atoms with Gasteiger partial charge in [0, 0.05) is 42.3 Å². The highest BCUT2D eigenvalue weighted by Gasteiger charge is 2.30. The zero-order valence-electron chi connectivity index (χ0n) is 23.6. The van der Waals surface area contributed by atoms with Gasteiger partial charge in [0.1, 0.15) is 28.7 Å². The van der Waals surface area contributed by atoms with Gasteiger partial charge in [-0.3, -0.25) is 14.0 Å². The van der Waals surface area contributed by atoms with E-state index in [4.69, 9.17) is 22.0 Å². The van der Waals surface area contributed by atoms with Gasteiger partial charge in [-0.1, -0.05) is 24.6 Å². The molecule has 11 nitrogen and oxygen atoms in total. The van der Waals surface area contributed by atoms with E-state index < -0.39 is 0 Å². The Balaban J connectivity index is 1.37. The summed E-state index contributed by atoms with van der Waals surface area (Å²) in [4.78, 5) is 42.7. The van der Waals surface area contributed by atoms with Gasteiger partial charge in [-0.2, -0.15) is 0 Å². The molecule has 2 amide bonds. The summed E-state index contributed by atoms with van der Waals surface area (Å²) in [7, 11) is 0. The van der Waals surface area contributed by atoms with Crippen molar-refractivity contribution in [3.8, 4) is 11.3 Å². The Labute approximate surface area is 249 Å². The molecule has 2 atom stereocenters. The van der Waals surface area contributed by atoms with Gasteiger partial charge in [0.15, 0.2) is 5.69 Å². The largest absolute Gasteiger partial charge is 0.382 e. The van der Waals surface area contributed by atoms with Crippen molar-refractivity contribution in [1.29, 1.82) is 0 Å². The number of aromatic nitrogens is 4. The van der Waals surface area contributed by atoms with Crippen LogP contribution in [0.1, 0.15) is 66.3 Å². The third kappa shape index (κ3) is 6.10. The second-order valence-electron chi connectivity index (χ2n) is 10.8. The number of carbonyl (C=O) groups excluding carboxylic acids is 2.